The summed E-state index contributed by atoms with van der Waals surface area (Å²) in [6, 6.07) is 17.8. The third kappa shape index (κ3) is 4.10. The first-order valence-corrected chi connectivity index (χ1v) is 10.3. The van der Waals surface area contributed by atoms with Crippen molar-refractivity contribution in [3.63, 3.8) is 0 Å². The molecule has 4 rings (SSSR count). The second-order valence-corrected chi connectivity index (χ2v) is 7.74. The van der Waals surface area contributed by atoms with Gasteiger partial charge in [0.05, 0.1) is 11.6 Å². The molecule has 1 aliphatic heterocycles. The van der Waals surface area contributed by atoms with E-state index in [9.17, 15) is 9.59 Å². The van der Waals surface area contributed by atoms with Gasteiger partial charge in [-0.05, 0) is 37.6 Å². The Bertz CT molecular complexity index is 1050. The van der Waals surface area contributed by atoms with Crippen LogP contribution in [0.25, 0.3) is 10.8 Å². The molecule has 0 aliphatic carbocycles. The topological polar surface area (TPSA) is 54.3 Å². The van der Waals surface area contributed by atoms with Gasteiger partial charge in [0.1, 0.15) is 0 Å². The maximum atomic E-state index is 13.1. The molecule has 0 spiro atoms. The number of aryl methyl sites for hydroxylation is 1. The van der Waals surface area contributed by atoms with E-state index in [-0.39, 0.29) is 17.5 Å². The van der Waals surface area contributed by atoms with Crippen molar-refractivity contribution in [2.45, 2.75) is 25.3 Å². The van der Waals surface area contributed by atoms with Crippen molar-refractivity contribution in [3.05, 3.63) is 82.3 Å². The largest absolute Gasteiger partial charge is 0.350 e. The highest BCUT2D eigenvalue weighted by Crippen LogP contribution is 2.24. The molecule has 150 valence electrons. The monoisotopic (exact) mass is 389 g/mol. The number of hydrogen-bond donors (Lipinski definition) is 1. The van der Waals surface area contributed by atoms with Gasteiger partial charge in [0.15, 0.2) is 0 Å². The molecule has 1 unspecified atom stereocenters. The van der Waals surface area contributed by atoms with Crippen LogP contribution in [0.15, 0.2) is 65.6 Å². The quantitative estimate of drug-likeness (QED) is 0.727. The van der Waals surface area contributed by atoms with Crippen LogP contribution in [-0.4, -0.2) is 35.0 Å². The first-order chi connectivity index (χ1) is 14.1. The number of carbonyl (C=O) groups excluding carboxylic acids is 1. The minimum absolute atomic E-state index is 0.0902. The molecule has 0 bridgehead atoms. The van der Waals surface area contributed by atoms with E-state index in [0.717, 1.165) is 13.1 Å². The fraction of sp³-hybridized carbons (Fsp3) is 0.333. The average Bonchev–Trinajstić information content (AvgIpc) is 2.78. The van der Waals surface area contributed by atoms with Crippen molar-refractivity contribution in [2.75, 3.05) is 19.6 Å². The summed E-state index contributed by atoms with van der Waals surface area (Å²) >= 11 is 0. The zero-order chi connectivity index (χ0) is 20.2. The molecule has 0 saturated carbocycles. The predicted molar refractivity (Wildman–Crippen MR) is 116 cm³/mol. The third-order valence-corrected chi connectivity index (χ3v) is 5.81. The van der Waals surface area contributed by atoms with E-state index >= 15 is 0 Å². The summed E-state index contributed by atoms with van der Waals surface area (Å²) in [4.78, 5) is 28.0. The Kier molecular flexibility index (Phi) is 5.76. The van der Waals surface area contributed by atoms with Crippen molar-refractivity contribution in [3.8, 4) is 0 Å². The second kappa shape index (κ2) is 8.62. The number of benzene rings is 2. The fourth-order valence-electron chi connectivity index (χ4n) is 4.24. The van der Waals surface area contributed by atoms with Crippen molar-refractivity contribution >= 4 is 16.7 Å². The number of rotatable bonds is 5. The van der Waals surface area contributed by atoms with Gasteiger partial charge in [0.2, 0.25) is 0 Å². The summed E-state index contributed by atoms with van der Waals surface area (Å²) in [7, 11) is 1.69. The van der Waals surface area contributed by atoms with Crippen LogP contribution in [0, 0.1) is 0 Å². The first kappa shape index (κ1) is 19.4. The van der Waals surface area contributed by atoms with Gasteiger partial charge >= 0.3 is 0 Å². The van der Waals surface area contributed by atoms with Gasteiger partial charge in [0.25, 0.3) is 11.5 Å². The van der Waals surface area contributed by atoms with Crippen LogP contribution in [-0.2, 0) is 7.05 Å². The average molecular weight is 389 g/mol. The van der Waals surface area contributed by atoms with Crippen LogP contribution in [0.1, 0.15) is 41.2 Å². The lowest BCUT2D eigenvalue weighted by atomic mass is 10.0. The highest BCUT2D eigenvalue weighted by Gasteiger charge is 2.23. The number of piperidine rings is 1. The lowest BCUT2D eigenvalue weighted by Crippen LogP contribution is -2.40. The molecule has 3 aromatic rings. The summed E-state index contributed by atoms with van der Waals surface area (Å²) in [5.41, 5.74) is 1.67. The molecule has 5 nitrogen and oxygen atoms in total. The van der Waals surface area contributed by atoms with Gasteiger partial charge < -0.3 is 9.88 Å². The number of aromatic nitrogens is 1. The van der Waals surface area contributed by atoms with Gasteiger partial charge in [-0.25, -0.2) is 0 Å². The molecule has 0 radical (unpaired) electrons. The maximum absolute atomic E-state index is 13.1. The predicted octanol–water partition coefficient (Wildman–Crippen LogP) is 3.50. The normalized spacial score (nSPS) is 15.9. The van der Waals surface area contributed by atoms with Gasteiger partial charge in [0, 0.05) is 30.6 Å². The van der Waals surface area contributed by atoms with Crippen molar-refractivity contribution in [1.29, 1.82) is 0 Å². The Morgan fingerprint density at radius 1 is 0.966 bits per heavy atom. The summed E-state index contributed by atoms with van der Waals surface area (Å²) in [6.45, 7) is 2.65. The number of nitrogens with zero attached hydrogens (tertiary/aromatic N) is 2. The maximum Gasteiger partial charge on any atom is 0.258 e. The van der Waals surface area contributed by atoms with E-state index in [1.807, 2.05) is 24.3 Å². The van der Waals surface area contributed by atoms with Crippen LogP contribution in [0.4, 0.5) is 0 Å². The number of nitrogens with one attached hydrogen (secondary N) is 1. The van der Waals surface area contributed by atoms with Gasteiger partial charge in [-0.1, -0.05) is 55.0 Å². The standard InChI is InChI=1S/C24H27N3O2/c1-26-17-21(19-12-6-7-13-20(19)24(26)29)23(28)25-16-22(18-10-4-2-5-11-18)27-14-8-3-9-15-27/h2,4-7,10-13,17,22H,3,8-9,14-16H2,1H3,(H,25,28). The van der Waals surface area contributed by atoms with Gasteiger partial charge in [-0.3, -0.25) is 14.5 Å². The van der Waals surface area contributed by atoms with Crippen LogP contribution < -0.4 is 10.9 Å². The molecular weight excluding hydrogens is 362 g/mol. The SMILES string of the molecule is Cn1cc(C(=O)NCC(c2ccccc2)N2CCCCC2)c2ccccc2c1=O. The van der Waals surface area contributed by atoms with E-state index in [2.05, 4.69) is 34.5 Å². The molecule has 1 fully saturated rings. The number of amides is 1. The van der Waals surface area contributed by atoms with Crippen LogP contribution in [0.2, 0.25) is 0 Å². The van der Waals surface area contributed by atoms with E-state index in [4.69, 9.17) is 0 Å². The molecule has 5 heteroatoms. The molecule has 1 N–H and O–H groups in total. The smallest absolute Gasteiger partial charge is 0.258 e. The highest BCUT2D eigenvalue weighted by atomic mass is 16.2. The highest BCUT2D eigenvalue weighted by molar-refractivity contribution is 6.06. The van der Waals surface area contributed by atoms with Crippen molar-refractivity contribution in [2.24, 2.45) is 7.05 Å². The molecular formula is C24H27N3O2. The first-order valence-electron chi connectivity index (χ1n) is 10.3. The van der Waals surface area contributed by atoms with Crippen LogP contribution in [0.5, 0.6) is 0 Å². The molecule has 29 heavy (non-hydrogen) atoms. The van der Waals surface area contributed by atoms with E-state index in [1.165, 1.54) is 29.4 Å². The Morgan fingerprint density at radius 3 is 2.34 bits per heavy atom. The zero-order valence-corrected chi connectivity index (χ0v) is 16.8. The summed E-state index contributed by atoms with van der Waals surface area (Å²) in [5.74, 6) is -0.144. The van der Waals surface area contributed by atoms with E-state index in [0.29, 0.717) is 22.9 Å². The van der Waals surface area contributed by atoms with Gasteiger partial charge in [-0.2, -0.15) is 0 Å². The number of fused-ring (bicyclic) bond motifs is 1. The molecule has 1 amide bonds. The van der Waals surface area contributed by atoms with Crippen LogP contribution >= 0.6 is 0 Å². The fourth-order valence-corrected chi connectivity index (χ4v) is 4.24. The lowest BCUT2D eigenvalue weighted by Gasteiger charge is -2.35. The molecule has 2 aromatic carbocycles. The molecule has 1 saturated heterocycles. The Hall–Kier alpha value is -2.92. The minimum Gasteiger partial charge on any atom is -0.350 e. The Balaban J connectivity index is 1.59. The summed E-state index contributed by atoms with van der Waals surface area (Å²) in [6.07, 6.45) is 5.30. The number of pyridine rings is 1. The number of carbonyl (C=O) groups is 1. The lowest BCUT2D eigenvalue weighted by molar-refractivity contribution is 0.0925. The Morgan fingerprint density at radius 2 is 1.62 bits per heavy atom. The van der Waals surface area contributed by atoms with E-state index in [1.54, 1.807) is 19.3 Å². The Labute approximate surface area is 171 Å². The summed E-state index contributed by atoms with van der Waals surface area (Å²) < 4.78 is 1.48. The van der Waals surface area contributed by atoms with Crippen molar-refractivity contribution < 1.29 is 4.79 Å². The second-order valence-electron chi connectivity index (χ2n) is 7.74. The molecule has 2 heterocycles. The number of hydrogen-bond acceptors (Lipinski definition) is 3. The third-order valence-electron chi connectivity index (χ3n) is 5.81. The van der Waals surface area contributed by atoms with Crippen molar-refractivity contribution in [1.82, 2.24) is 14.8 Å². The zero-order valence-electron chi connectivity index (χ0n) is 16.8. The molecule has 1 aliphatic rings. The minimum atomic E-state index is -0.144. The summed E-state index contributed by atoms with van der Waals surface area (Å²) in [5, 5.41) is 4.40. The van der Waals surface area contributed by atoms with Gasteiger partial charge in [-0.15, -0.1) is 0 Å². The molecule has 1 atom stereocenters. The number of likely N-dealkylation sites (tertiary alicyclic amines) is 1. The molecule has 1 aromatic heterocycles. The van der Waals surface area contributed by atoms with Crippen LogP contribution in [0.3, 0.4) is 0 Å². The van der Waals surface area contributed by atoms with E-state index < -0.39 is 0 Å².